The van der Waals surface area contributed by atoms with Crippen LogP contribution in [0.3, 0.4) is 0 Å². The second kappa shape index (κ2) is 20.4. The summed E-state index contributed by atoms with van der Waals surface area (Å²) >= 11 is 0. The first-order valence-corrected chi connectivity index (χ1v) is 21.8. The van der Waals surface area contributed by atoms with Crippen LogP contribution in [0, 0.1) is 0 Å². The van der Waals surface area contributed by atoms with Crippen molar-refractivity contribution in [2.75, 3.05) is 30.8 Å². The van der Waals surface area contributed by atoms with E-state index < -0.39 is 23.4 Å². The zero-order chi connectivity index (χ0) is 49.5. The van der Waals surface area contributed by atoms with Crippen LogP contribution < -0.4 is 27.1 Å². The molecule has 0 fully saturated rings. The number of benzene rings is 4. The summed E-state index contributed by atoms with van der Waals surface area (Å²) in [5.41, 5.74) is 5.28. The number of likely N-dealkylation sites (N-methyl/N-ethyl adjacent to an activating group) is 1. The van der Waals surface area contributed by atoms with Crippen molar-refractivity contribution in [2.45, 2.75) is 52.7 Å². The highest BCUT2D eigenvalue weighted by molar-refractivity contribution is 5.98. The Morgan fingerprint density at radius 2 is 1.01 bits per heavy atom. The number of H-pyrrole nitrogens is 2. The summed E-state index contributed by atoms with van der Waals surface area (Å²) in [6.45, 7) is 10.2. The van der Waals surface area contributed by atoms with E-state index in [4.69, 9.17) is 9.47 Å². The molecule has 0 radical (unpaired) electrons. The van der Waals surface area contributed by atoms with E-state index in [1.165, 1.54) is 24.6 Å². The number of hydrogen-bond acceptors (Lipinski definition) is 10. The van der Waals surface area contributed by atoms with Gasteiger partial charge in [0.2, 0.25) is 11.8 Å². The third-order valence-corrected chi connectivity index (χ3v) is 10.1. The molecule has 0 unspecified atom stereocenters. The molecule has 8 aromatic rings. The first kappa shape index (κ1) is 48.1. The van der Waals surface area contributed by atoms with Crippen LogP contribution in [0.5, 0.6) is 0 Å². The third-order valence-electron chi connectivity index (χ3n) is 10.1. The molecule has 0 saturated heterocycles. The smallest absolute Gasteiger partial charge is 0.410 e. The highest BCUT2D eigenvalue weighted by atomic mass is 16.6. The first-order valence-electron chi connectivity index (χ1n) is 21.8. The van der Waals surface area contributed by atoms with Gasteiger partial charge in [0.1, 0.15) is 24.3 Å². The number of carbonyl (C=O) groups excluding carboxylic acids is 4. The predicted molar refractivity (Wildman–Crippen MR) is 265 cm³/mol. The highest BCUT2D eigenvalue weighted by Gasteiger charge is 2.22. The number of nitrogens with one attached hydrogen (secondary N) is 5. The summed E-state index contributed by atoms with van der Waals surface area (Å²) in [5, 5.41) is 8.87. The maximum Gasteiger partial charge on any atom is 0.410 e. The van der Waals surface area contributed by atoms with E-state index in [9.17, 15) is 28.8 Å². The molecule has 69 heavy (non-hydrogen) atoms. The number of nitrogens with zero attached hydrogens (tertiary/aromatic N) is 5. The van der Waals surface area contributed by atoms with Crippen LogP contribution in [-0.4, -0.2) is 89.3 Å². The van der Waals surface area contributed by atoms with Crippen LogP contribution in [0.15, 0.2) is 144 Å². The van der Waals surface area contributed by atoms with Crippen LogP contribution in [0.4, 0.5) is 21.0 Å². The fraction of sp³-hybridized carbons (Fsp3) is 0.216. The van der Waals surface area contributed by atoms with Crippen molar-refractivity contribution in [3.8, 4) is 33.6 Å². The van der Waals surface area contributed by atoms with Crippen LogP contribution in [0.25, 0.3) is 55.7 Å². The van der Waals surface area contributed by atoms with Crippen LogP contribution in [-0.2, 0) is 19.1 Å². The number of aromatic amines is 2. The SMILES string of the molecule is CC(C)(C)OC(=O)NCC(=O)Nc1ccc(-c2cn(-c3ccccc3)c3nc[nH]c(=O)c23)cc1.CN(CC(=O)Nc1ccc(-c2cn(-c3ccccc3)c3nc[nH]c(=O)c23)cc1)C(=O)OC(C)(C)C. The molecule has 0 atom stereocenters. The summed E-state index contributed by atoms with van der Waals surface area (Å²) in [6, 6.07) is 33.5. The standard InChI is InChI=1S/C26H27N5O4.C25H25N5O4/c1-26(2,3)35-25(34)30(4)15-21(32)29-18-12-10-17(11-13-18)20-14-31(19-8-6-5-7-9-19)23-22(20)24(33)28-16-27-23;1-25(2,3)34-24(33)26-13-20(31)29-17-11-9-16(10-12-17)19-14-30(18-7-5-4-6-8-18)22-21(19)23(32)28-15-27-22/h5-14,16H,15H2,1-4H3,(H,29,32)(H,27,28,33);4-12,14-15H,13H2,1-3H3,(H,26,33)(H,29,31)(H,27,28,32). The van der Waals surface area contributed by atoms with E-state index in [1.54, 1.807) is 65.8 Å². The number of anilines is 2. The molecule has 4 aromatic carbocycles. The van der Waals surface area contributed by atoms with Gasteiger partial charge in [0, 0.05) is 53.3 Å². The van der Waals surface area contributed by atoms with E-state index in [1.807, 2.05) is 106 Å². The molecule has 0 spiro atoms. The lowest BCUT2D eigenvalue weighted by molar-refractivity contribution is -0.117. The monoisotopic (exact) mass is 932 g/mol. The van der Waals surface area contributed by atoms with Crippen LogP contribution in [0.1, 0.15) is 41.5 Å². The van der Waals surface area contributed by atoms with Gasteiger partial charge in [-0.2, -0.15) is 0 Å². The van der Waals surface area contributed by atoms with Crippen molar-refractivity contribution >= 4 is 57.4 Å². The number of alkyl carbamates (subject to hydrolysis) is 1. The minimum Gasteiger partial charge on any atom is -0.444 e. The van der Waals surface area contributed by atoms with Gasteiger partial charge in [-0.15, -0.1) is 0 Å². The topological polar surface area (TPSA) is 227 Å². The summed E-state index contributed by atoms with van der Waals surface area (Å²) < 4.78 is 14.1. The Kier molecular flexibility index (Phi) is 14.2. The predicted octanol–water partition coefficient (Wildman–Crippen LogP) is 8.03. The number of amides is 4. The van der Waals surface area contributed by atoms with Crippen molar-refractivity contribution in [2.24, 2.45) is 0 Å². The number of aromatic nitrogens is 6. The van der Waals surface area contributed by atoms with Gasteiger partial charge >= 0.3 is 12.2 Å². The second-order valence-corrected chi connectivity index (χ2v) is 17.8. The minimum absolute atomic E-state index is 0.151. The Morgan fingerprint density at radius 3 is 1.43 bits per heavy atom. The van der Waals surface area contributed by atoms with Gasteiger partial charge in [0.25, 0.3) is 11.1 Å². The Hall–Kier alpha value is -8.80. The molecule has 0 aliphatic rings. The average Bonchev–Trinajstić information content (AvgIpc) is 3.90. The molecule has 8 rings (SSSR count). The third kappa shape index (κ3) is 12.2. The number of rotatable bonds is 10. The van der Waals surface area contributed by atoms with Crippen LogP contribution >= 0.6 is 0 Å². The number of ether oxygens (including phenoxy) is 2. The van der Waals surface area contributed by atoms with Gasteiger partial charge in [-0.05, 0) is 101 Å². The highest BCUT2D eigenvalue weighted by Crippen LogP contribution is 2.32. The van der Waals surface area contributed by atoms with Crippen molar-refractivity contribution < 1.29 is 28.7 Å². The Labute approximate surface area is 396 Å². The summed E-state index contributed by atoms with van der Waals surface area (Å²) in [5.74, 6) is -0.743. The van der Waals surface area contributed by atoms with E-state index in [0.29, 0.717) is 33.4 Å². The van der Waals surface area contributed by atoms with Gasteiger partial charge < -0.3 is 49.4 Å². The lowest BCUT2D eigenvalue weighted by Crippen LogP contribution is -2.38. The fourth-order valence-electron chi connectivity index (χ4n) is 7.11. The van der Waals surface area contributed by atoms with Crippen molar-refractivity contribution in [3.05, 3.63) is 155 Å². The molecular weight excluding hydrogens is 881 g/mol. The molecule has 5 N–H and O–H groups in total. The minimum atomic E-state index is -0.661. The maximum absolute atomic E-state index is 12.7. The van der Waals surface area contributed by atoms with E-state index in [-0.39, 0.29) is 36.0 Å². The number of hydrogen-bond donors (Lipinski definition) is 5. The molecule has 18 heteroatoms. The molecule has 4 aromatic heterocycles. The molecule has 0 saturated carbocycles. The fourth-order valence-corrected chi connectivity index (χ4v) is 7.11. The maximum atomic E-state index is 12.7. The molecule has 0 aliphatic carbocycles. The molecule has 0 aliphatic heterocycles. The first-order chi connectivity index (χ1) is 32.8. The van der Waals surface area contributed by atoms with Crippen molar-refractivity contribution in [3.63, 3.8) is 0 Å². The Morgan fingerprint density at radius 1 is 0.594 bits per heavy atom. The summed E-state index contributed by atoms with van der Waals surface area (Å²) in [7, 11) is 1.50. The number of fused-ring (bicyclic) bond motifs is 2. The van der Waals surface area contributed by atoms with Gasteiger partial charge in [-0.3, -0.25) is 19.2 Å². The summed E-state index contributed by atoms with van der Waals surface area (Å²) in [6.07, 6.45) is 5.30. The number of para-hydroxylation sites is 2. The van der Waals surface area contributed by atoms with E-state index >= 15 is 0 Å². The van der Waals surface area contributed by atoms with Gasteiger partial charge in [-0.25, -0.2) is 19.6 Å². The molecule has 4 heterocycles. The van der Waals surface area contributed by atoms with E-state index in [2.05, 4.69) is 35.9 Å². The molecule has 354 valence electrons. The molecule has 4 amide bonds. The Bertz CT molecular complexity index is 3240. The quantitative estimate of drug-likeness (QED) is 0.0887. The number of carbonyl (C=O) groups is 4. The zero-order valence-corrected chi connectivity index (χ0v) is 39.1. The average molecular weight is 933 g/mol. The van der Waals surface area contributed by atoms with Crippen molar-refractivity contribution in [1.82, 2.24) is 39.3 Å². The second-order valence-electron chi connectivity index (χ2n) is 17.8. The molecule has 18 nitrogen and oxygen atoms in total. The Balaban J connectivity index is 0.000000204. The van der Waals surface area contributed by atoms with Gasteiger partial charge in [0.15, 0.2) is 11.3 Å². The van der Waals surface area contributed by atoms with E-state index in [0.717, 1.165) is 33.6 Å². The normalized spacial score (nSPS) is 11.3. The molecule has 0 bridgehead atoms. The lowest BCUT2D eigenvalue weighted by atomic mass is 10.1. The zero-order valence-electron chi connectivity index (χ0n) is 39.1. The van der Waals surface area contributed by atoms with Crippen LogP contribution in [0.2, 0.25) is 0 Å². The van der Waals surface area contributed by atoms with Gasteiger partial charge in [-0.1, -0.05) is 60.7 Å². The lowest BCUT2D eigenvalue weighted by Gasteiger charge is -2.24. The van der Waals surface area contributed by atoms with Crippen molar-refractivity contribution in [1.29, 1.82) is 0 Å². The largest absolute Gasteiger partial charge is 0.444 e. The molecular formula is C51H52N10O8. The summed E-state index contributed by atoms with van der Waals surface area (Å²) in [4.78, 5) is 89.0. The van der Waals surface area contributed by atoms with Gasteiger partial charge in [0.05, 0.1) is 23.4 Å².